The molecule has 0 aliphatic heterocycles. The molecule has 0 fully saturated rings. The molecule has 0 spiro atoms. The fraction of sp³-hybridized carbons (Fsp3) is 0.200. The molecule has 2 heterocycles. The Morgan fingerprint density at radius 2 is 2.32 bits per heavy atom. The van der Waals surface area contributed by atoms with Crippen LogP contribution >= 0.6 is 0 Å². The Morgan fingerprint density at radius 3 is 2.79 bits per heavy atom. The highest BCUT2D eigenvalue weighted by atomic mass is 32.2. The number of aryl methyl sites for hydroxylation is 1. The number of hydrogen-bond donors (Lipinski definition) is 2. The molecule has 19 heavy (non-hydrogen) atoms. The lowest BCUT2D eigenvalue weighted by molar-refractivity contribution is 0.0685. The van der Waals surface area contributed by atoms with Gasteiger partial charge in [0.2, 0.25) is 0 Å². The van der Waals surface area contributed by atoms with Crippen LogP contribution in [0.3, 0.4) is 0 Å². The molecule has 0 amide bonds. The zero-order chi connectivity index (χ0) is 14.0. The maximum atomic E-state index is 12.0. The topological polar surface area (TPSA) is 114 Å². The van der Waals surface area contributed by atoms with Crippen molar-refractivity contribution in [3.8, 4) is 0 Å². The van der Waals surface area contributed by atoms with Gasteiger partial charge in [-0.15, -0.1) is 0 Å². The lowest BCUT2D eigenvalue weighted by Gasteiger charge is -2.02. The first-order chi connectivity index (χ1) is 8.94. The fourth-order valence-corrected chi connectivity index (χ4v) is 2.60. The molecule has 9 heteroatoms. The monoisotopic (exact) mass is 285 g/mol. The van der Waals surface area contributed by atoms with Gasteiger partial charge >= 0.3 is 5.97 Å². The number of hydrogen-bond acceptors (Lipinski definition) is 5. The molecule has 2 aromatic heterocycles. The second kappa shape index (κ2) is 4.76. The first-order valence-electron chi connectivity index (χ1n) is 5.29. The molecule has 0 bridgehead atoms. The van der Waals surface area contributed by atoms with Crippen LogP contribution in [0.25, 0.3) is 0 Å². The third kappa shape index (κ3) is 2.60. The smallest absolute Gasteiger partial charge is 0.352 e. The van der Waals surface area contributed by atoms with E-state index < -0.39 is 16.0 Å². The first-order valence-corrected chi connectivity index (χ1v) is 6.78. The SMILES string of the molecule is CCn1cc(S(=O)(=O)Nc2cnoc2)cc1C(=O)O. The van der Waals surface area contributed by atoms with Crippen LogP contribution in [0.4, 0.5) is 5.69 Å². The van der Waals surface area contributed by atoms with Gasteiger partial charge in [0.1, 0.15) is 22.5 Å². The predicted molar refractivity (Wildman–Crippen MR) is 64.4 cm³/mol. The van der Waals surface area contributed by atoms with Gasteiger partial charge in [0.25, 0.3) is 10.0 Å². The molecule has 0 aliphatic rings. The summed E-state index contributed by atoms with van der Waals surface area (Å²) >= 11 is 0. The molecule has 8 nitrogen and oxygen atoms in total. The van der Waals surface area contributed by atoms with Crippen molar-refractivity contribution in [3.05, 3.63) is 30.4 Å². The molecule has 2 aromatic rings. The number of nitrogens with zero attached hydrogens (tertiary/aromatic N) is 2. The van der Waals surface area contributed by atoms with E-state index in [1.165, 1.54) is 17.0 Å². The second-order valence-corrected chi connectivity index (χ2v) is 5.35. The van der Waals surface area contributed by atoms with Crippen LogP contribution in [0.5, 0.6) is 0 Å². The number of carboxylic acid groups (broad SMARTS) is 1. The minimum absolute atomic E-state index is 0.0896. The number of carboxylic acids is 1. The molecule has 2 N–H and O–H groups in total. The Labute approximate surface area is 108 Å². The van der Waals surface area contributed by atoms with Crippen molar-refractivity contribution in [2.45, 2.75) is 18.4 Å². The van der Waals surface area contributed by atoms with Gasteiger partial charge in [0, 0.05) is 12.7 Å². The third-order valence-electron chi connectivity index (χ3n) is 2.43. The van der Waals surface area contributed by atoms with Crippen molar-refractivity contribution in [2.24, 2.45) is 0 Å². The molecule has 0 aromatic carbocycles. The van der Waals surface area contributed by atoms with E-state index in [9.17, 15) is 13.2 Å². The van der Waals surface area contributed by atoms with Gasteiger partial charge in [-0.05, 0) is 13.0 Å². The van der Waals surface area contributed by atoms with Crippen molar-refractivity contribution in [3.63, 3.8) is 0 Å². The standard InChI is InChI=1S/C10H11N3O5S/c1-2-13-5-8(3-9(13)10(14)15)19(16,17)12-7-4-11-18-6-7/h3-6,12H,2H2,1H3,(H,14,15). The average Bonchev–Trinajstić information content (AvgIpc) is 2.95. The average molecular weight is 285 g/mol. The Balaban J connectivity index is 2.38. The van der Waals surface area contributed by atoms with Crippen LogP contribution in [0, 0.1) is 0 Å². The molecule has 102 valence electrons. The van der Waals surface area contributed by atoms with Crippen LogP contribution in [-0.2, 0) is 16.6 Å². The largest absolute Gasteiger partial charge is 0.477 e. The number of rotatable bonds is 5. The zero-order valence-electron chi connectivity index (χ0n) is 9.90. The second-order valence-electron chi connectivity index (χ2n) is 3.67. The van der Waals surface area contributed by atoms with Gasteiger partial charge in [-0.1, -0.05) is 5.16 Å². The van der Waals surface area contributed by atoms with Crippen LogP contribution in [0.15, 0.2) is 34.1 Å². The molecule has 2 rings (SSSR count). The summed E-state index contributed by atoms with van der Waals surface area (Å²) in [6, 6.07) is 1.10. The van der Waals surface area contributed by atoms with E-state index in [1.807, 2.05) is 0 Å². The van der Waals surface area contributed by atoms with E-state index in [2.05, 4.69) is 14.4 Å². The molecule has 0 radical (unpaired) electrons. The maximum Gasteiger partial charge on any atom is 0.352 e. The molecule has 0 atom stereocenters. The lowest BCUT2D eigenvalue weighted by atomic mass is 10.4. The highest BCUT2D eigenvalue weighted by Gasteiger charge is 2.21. The summed E-state index contributed by atoms with van der Waals surface area (Å²) in [7, 11) is -3.86. The summed E-state index contributed by atoms with van der Waals surface area (Å²) in [5.74, 6) is -1.19. The highest BCUT2D eigenvalue weighted by Crippen LogP contribution is 2.18. The number of aromatic nitrogens is 2. The molecule has 0 unspecified atom stereocenters. The van der Waals surface area contributed by atoms with E-state index in [0.717, 1.165) is 12.3 Å². The fourth-order valence-electron chi connectivity index (χ4n) is 1.54. The minimum atomic E-state index is -3.86. The molecular weight excluding hydrogens is 274 g/mol. The summed E-state index contributed by atoms with van der Waals surface area (Å²) in [5.41, 5.74) is 0.0781. The molecule has 0 aliphatic carbocycles. The van der Waals surface area contributed by atoms with E-state index >= 15 is 0 Å². The summed E-state index contributed by atoms with van der Waals surface area (Å²) in [6.45, 7) is 2.07. The van der Waals surface area contributed by atoms with Crippen LogP contribution in [0.1, 0.15) is 17.4 Å². The summed E-state index contributed by atoms with van der Waals surface area (Å²) < 4.78 is 32.1. The normalized spacial score (nSPS) is 11.4. The van der Waals surface area contributed by atoms with Crippen LogP contribution in [-0.4, -0.2) is 29.2 Å². The van der Waals surface area contributed by atoms with Gasteiger partial charge in [0.05, 0.1) is 6.20 Å². The Kier molecular flexibility index (Phi) is 3.30. The van der Waals surface area contributed by atoms with Gasteiger partial charge in [0.15, 0.2) is 0 Å². The quantitative estimate of drug-likeness (QED) is 0.846. The lowest BCUT2D eigenvalue weighted by Crippen LogP contribution is -2.11. The van der Waals surface area contributed by atoms with Crippen molar-refractivity contribution >= 4 is 21.7 Å². The minimum Gasteiger partial charge on any atom is -0.477 e. The number of carbonyl (C=O) groups is 1. The highest BCUT2D eigenvalue weighted by molar-refractivity contribution is 7.92. The van der Waals surface area contributed by atoms with E-state index in [-0.39, 0.29) is 16.3 Å². The van der Waals surface area contributed by atoms with Crippen molar-refractivity contribution in [2.75, 3.05) is 4.72 Å². The van der Waals surface area contributed by atoms with Crippen molar-refractivity contribution < 1.29 is 22.8 Å². The zero-order valence-corrected chi connectivity index (χ0v) is 10.7. The van der Waals surface area contributed by atoms with Gasteiger partial charge in [-0.2, -0.15) is 0 Å². The first kappa shape index (κ1) is 13.1. The molecular formula is C10H11N3O5S. The van der Waals surface area contributed by atoms with Crippen molar-refractivity contribution in [1.29, 1.82) is 0 Å². The number of sulfonamides is 1. The van der Waals surface area contributed by atoms with Gasteiger partial charge in [-0.3, -0.25) is 4.72 Å². The molecule has 0 saturated heterocycles. The Hall–Kier alpha value is -2.29. The predicted octanol–water partition coefficient (Wildman–Crippen LogP) is 0.995. The maximum absolute atomic E-state index is 12.0. The number of anilines is 1. The van der Waals surface area contributed by atoms with E-state index in [0.29, 0.717) is 6.54 Å². The Morgan fingerprint density at radius 1 is 1.58 bits per heavy atom. The summed E-state index contributed by atoms with van der Waals surface area (Å²) in [4.78, 5) is 10.8. The Bertz CT molecular complexity index is 687. The molecule has 0 saturated carbocycles. The number of nitrogens with one attached hydrogen (secondary N) is 1. The summed E-state index contributed by atoms with van der Waals surface area (Å²) in [6.07, 6.45) is 3.60. The third-order valence-corrected chi connectivity index (χ3v) is 3.77. The van der Waals surface area contributed by atoms with Crippen LogP contribution < -0.4 is 4.72 Å². The van der Waals surface area contributed by atoms with Gasteiger partial charge in [-0.25, -0.2) is 13.2 Å². The van der Waals surface area contributed by atoms with Crippen LogP contribution in [0.2, 0.25) is 0 Å². The number of aromatic carboxylic acids is 1. The summed E-state index contributed by atoms with van der Waals surface area (Å²) in [5, 5.41) is 12.3. The van der Waals surface area contributed by atoms with E-state index in [1.54, 1.807) is 6.92 Å². The van der Waals surface area contributed by atoms with Crippen molar-refractivity contribution in [1.82, 2.24) is 9.72 Å². The van der Waals surface area contributed by atoms with E-state index in [4.69, 9.17) is 5.11 Å². The van der Waals surface area contributed by atoms with Gasteiger partial charge < -0.3 is 14.2 Å².